The van der Waals surface area contributed by atoms with Gasteiger partial charge >= 0.3 is 0 Å². The molecule has 2 heteroatoms. The average molecular weight is 269 g/mol. The van der Waals surface area contributed by atoms with E-state index in [1.165, 1.54) is 16.8 Å². The third-order valence-electron chi connectivity index (χ3n) is 3.36. The van der Waals surface area contributed by atoms with E-state index in [1.807, 2.05) is 12.1 Å². The molecule has 106 valence electrons. The molecule has 0 amide bonds. The van der Waals surface area contributed by atoms with Gasteiger partial charge in [0.2, 0.25) is 0 Å². The van der Waals surface area contributed by atoms with E-state index in [1.54, 1.807) is 0 Å². The number of anilines is 1. The highest BCUT2D eigenvalue weighted by molar-refractivity contribution is 5.50. The Hall–Kier alpha value is -1.96. The molecule has 0 aliphatic carbocycles. The van der Waals surface area contributed by atoms with Gasteiger partial charge in [0.1, 0.15) is 12.4 Å². The van der Waals surface area contributed by atoms with Crippen molar-refractivity contribution in [3.8, 4) is 5.75 Å². The van der Waals surface area contributed by atoms with Gasteiger partial charge in [-0.1, -0.05) is 44.2 Å². The third kappa shape index (κ3) is 4.02. The van der Waals surface area contributed by atoms with Gasteiger partial charge < -0.3 is 10.1 Å². The van der Waals surface area contributed by atoms with Crippen molar-refractivity contribution in [2.24, 2.45) is 0 Å². The zero-order valence-corrected chi connectivity index (χ0v) is 12.5. The maximum Gasteiger partial charge on any atom is 0.119 e. The Morgan fingerprint density at radius 2 is 1.85 bits per heavy atom. The average Bonchev–Trinajstić information content (AvgIpc) is 2.45. The molecule has 0 bridgehead atoms. The van der Waals surface area contributed by atoms with Gasteiger partial charge in [0.15, 0.2) is 0 Å². The summed E-state index contributed by atoms with van der Waals surface area (Å²) in [6.07, 6.45) is 0. The minimum Gasteiger partial charge on any atom is -0.492 e. The van der Waals surface area contributed by atoms with Crippen LogP contribution < -0.4 is 10.1 Å². The van der Waals surface area contributed by atoms with Gasteiger partial charge in [0.25, 0.3) is 0 Å². The molecule has 2 nitrogen and oxygen atoms in total. The maximum absolute atomic E-state index is 5.80. The van der Waals surface area contributed by atoms with Crippen LogP contribution in [-0.4, -0.2) is 13.2 Å². The Balaban J connectivity index is 1.82. The summed E-state index contributed by atoms with van der Waals surface area (Å²) in [6, 6.07) is 16.6. The molecule has 2 aromatic rings. The van der Waals surface area contributed by atoms with E-state index >= 15 is 0 Å². The van der Waals surface area contributed by atoms with Crippen molar-refractivity contribution in [3.63, 3.8) is 0 Å². The standard InChI is InChI=1S/C18H23NO/c1-14(2)16-8-6-9-17(13-16)20-12-11-19-18-10-5-4-7-15(18)3/h4-10,13-14,19H,11-12H2,1-3H3. The SMILES string of the molecule is Cc1ccccc1NCCOc1cccc(C(C)C)c1. The van der Waals surface area contributed by atoms with Crippen molar-refractivity contribution < 1.29 is 4.74 Å². The lowest BCUT2D eigenvalue weighted by Crippen LogP contribution is -2.12. The van der Waals surface area contributed by atoms with E-state index in [-0.39, 0.29) is 0 Å². The van der Waals surface area contributed by atoms with Crippen LogP contribution in [0.25, 0.3) is 0 Å². The highest BCUT2D eigenvalue weighted by Crippen LogP contribution is 2.20. The first kappa shape index (κ1) is 14.4. The highest BCUT2D eigenvalue weighted by atomic mass is 16.5. The Bertz CT molecular complexity index is 549. The summed E-state index contributed by atoms with van der Waals surface area (Å²) in [7, 11) is 0. The number of rotatable bonds is 6. The van der Waals surface area contributed by atoms with Crippen LogP contribution in [0.5, 0.6) is 5.75 Å². The summed E-state index contributed by atoms with van der Waals surface area (Å²) in [5.41, 5.74) is 3.75. The number of aryl methyl sites for hydroxylation is 1. The minimum absolute atomic E-state index is 0.531. The number of nitrogens with one attached hydrogen (secondary N) is 1. The van der Waals surface area contributed by atoms with Crippen molar-refractivity contribution in [1.82, 2.24) is 0 Å². The summed E-state index contributed by atoms with van der Waals surface area (Å²) >= 11 is 0. The molecule has 0 fully saturated rings. The van der Waals surface area contributed by atoms with Crippen molar-refractivity contribution in [2.75, 3.05) is 18.5 Å². The van der Waals surface area contributed by atoms with Crippen molar-refractivity contribution in [2.45, 2.75) is 26.7 Å². The number of hydrogen-bond acceptors (Lipinski definition) is 2. The molecule has 0 atom stereocenters. The lowest BCUT2D eigenvalue weighted by Gasteiger charge is -2.12. The van der Waals surface area contributed by atoms with Gasteiger partial charge in [-0.15, -0.1) is 0 Å². The van der Waals surface area contributed by atoms with E-state index in [4.69, 9.17) is 4.74 Å². The first-order chi connectivity index (χ1) is 9.66. The molecule has 20 heavy (non-hydrogen) atoms. The number of ether oxygens (including phenoxy) is 1. The monoisotopic (exact) mass is 269 g/mol. The van der Waals surface area contributed by atoms with Crippen LogP contribution in [0.2, 0.25) is 0 Å². The number of benzene rings is 2. The fourth-order valence-corrected chi connectivity index (χ4v) is 2.09. The van der Waals surface area contributed by atoms with Gasteiger partial charge in [0, 0.05) is 12.2 Å². The molecule has 0 radical (unpaired) electrons. The molecule has 0 aliphatic heterocycles. The van der Waals surface area contributed by atoms with Crippen LogP contribution in [-0.2, 0) is 0 Å². The first-order valence-electron chi connectivity index (χ1n) is 7.19. The Labute approximate surface area is 121 Å². The van der Waals surface area contributed by atoms with Crippen LogP contribution in [0.1, 0.15) is 30.9 Å². The summed E-state index contributed by atoms with van der Waals surface area (Å²) in [6.45, 7) is 7.96. The zero-order chi connectivity index (χ0) is 14.4. The molecule has 2 aromatic carbocycles. The molecule has 0 spiro atoms. The Morgan fingerprint density at radius 3 is 2.60 bits per heavy atom. The van der Waals surface area contributed by atoms with Crippen molar-refractivity contribution >= 4 is 5.69 Å². The molecule has 0 saturated heterocycles. The van der Waals surface area contributed by atoms with Gasteiger partial charge in [-0.05, 0) is 42.2 Å². The lowest BCUT2D eigenvalue weighted by molar-refractivity contribution is 0.332. The minimum atomic E-state index is 0.531. The molecule has 1 N–H and O–H groups in total. The van der Waals surface area contributed by atoms with Gasteiger partial charge in [-0.25, -0.2) is 0 Å². The summed E-state index contributed by atoms with van der Waals surface area (Å²) < 4.78 is 5.80. The quantitative estimate of drug-likeness (QED) is 0.773. The zero-order valence-electron chi connectivity index (χ0n) is 12.5. The second-order valence-corrected chi connectivity index (χ2v) is 5.32. The molecule has 0 aliphatic rings. The highest BCUT2D eigenvalue weighted by Gasteiger charge is 2.01. The number of para-hydroxylation sites is 1. The van der Waals surface area contributed by atoms with Crippen LogP contribution in [0, 0.1) is 6.92 Å². The molecular formula is C18H23NO. The molecule has 0 unspecified atom stereocenters. The summed E-state index contributed by atoms with van der Waals surface area (Å²) in [5.74, 6) is 1.48. The van der Waals surface area contributed by atoms with E-state index in [0.717, 1.165) is 12.3 Å². The smallest absolute Gasteiger partial charge is 0.119 e. The van der Waals surface area contributed by atoms with Crippen LogP contribution >= 0.6 is 0 Å². The van der Waals surface area contributed by atoms with Gasteiger partial charge in [-0.2, -0.15) is 0 Å². The molecule has 0 aromatic heterocycles. The topological polar surface area (TPSA) is 21.3 Å². The predicted molar refractivity (Wildman–Crippen MR) is 85.7 cm³/mol. The second kappa shape index (κ2) is 6.99. The summed E-state index contributed by atoms with van der Waals surface area (Å²) in [5, 5.41) is 3.40. The van der Waals surface area contributed by atoms with Gasteiger partial charge in [0.05, 0.1) is 0 Å². The van der Waals surface area contributed by atoms with Gasteiger partial charge in [-0.3, -0.25) is 0 Å². The van der Waals surface area contributed by atoms with E-state index in [2.05, 4.69) is 62.5 Å². The lowest BCUT2D eigenvalue weighted by atomic mass is 10.0. The van der Waals surface area contributed by atoms with Crippen LogP contribution in [0.4, 0.5) is 5.69 Å². The Kier molecular flexibility index (Phi) is 5.05. The summed E-state index contributed by atoms with van der Waals surface area (Å²) in [4.78, 5) is 0. The second-order valence-electron chi connectivity index (χ2n) is 5.32. The fourth-order valence-electron chi connectivity index (χ4n) is 2.09. The largest absolute Gasteiger partial charge is 0.492 e. The van der Waals surface area contributed by atoms with Crippen molar-refractivity contribution in [3.05, 3.63) is 59.7 Å². The van der Waals surface area contributed by atoms with Crippen LogP contribution in [0.3, 0.4) is 0 Å². The van der Waals surface area contributed by atoms with Crippen molar-refractivity contribution in [1.29, 1.82) is 0 Å². The van der Waals surface area contributed by atoms with E-state index < -0.39 is 0 Å². The Morgan fingerprint density at radius 1 is 1.05 bits per heavy atom. The van der Waals surface area contributed by atoms with E-state index in [0.29, 0.717) is 12.5 Å². The first-order valence-corrected chi connectivity index (χ1v) is 7.19. The molecule has 0 saturated carbocycles. The maximum atomic E-state index is 5.80. The third-order valence-corrected chi connectivity index (χ3v) is 3.36. The molecule has 2 rings (SSSR count). The predicted octanol–water partition coefficient (Wildman–Crippen LogP) is 4.61. The molecular weight excluding hydrogens is 246 g/mol. The normalized spacial score (nSPS) is 10.6. The van der Waals surface area contributed by atoms with Crippen LogP contribution in [0.15, 0.2) is 48.5 Å². The number of hydrogen-bond donors (Lipinski definition) is 1. The molecule has 0 heterocycles. The van der Waals surface area contributed by atoms with E-state index in [9.17, 15) is 0 Å². The fraction of sp³-hybridized carbons (Fsp3) is 0.333.